The minimum Gasteiger partial charge on any atom is -0.396 e. The molecule has 1 unspecified atom stereocenters. The van der Waals surface area contributed by atoms with Crippen LogP contribution in [0.25, 0.3) is 0 Å². The highest BCUT2D eigenvalue weighted by molar-refractivity contribution is 7.84. The van der Waals surface area contributed by atoms with Crippen LogP contribution in [0.5, 0.6) is 0 Å². The maximum atomic E-state index is 12.2. The Morgan fingerprint density at radius 1 is 1.35 bits per heavy atom. The van der Waals surface area contributed by atoms with Gasteiger partial charge in [0.15, 0.2) is 0 Å². The normalized spacial score (nSPS) is 23.6. The first kappa shape index (κ1) is 15.1. The van der Waals surface area contributed by atoms with Gasteiger partial charge in [0.1, 0.15) is 0 Å². The second kappa shape index (κ2) is 5.81. The Morgan fingerprint density at radius 2 is 1.88 bits per heavy atom. The van der Waals surface area contributed by atoms with Gasteiger partial charge in [-0.3, -0.25) is 0 Å². The van der Waals surface area contributed by atoms with Crippen molar-refractivity contribution in [1.82, 2.24) is 4.72 Å². The van der Waals surface area contributed by atoms with Crippen LogP contribution in [0.1, 0.15) is 59.8 Å². The van der Waals surface area contributed by atoms with E-state index in [2.05, 4.69) is 11.6 Å². The minimum atomic E-state index is -1.05. The summed E-state index contributed by atoms with van der Waals surface area (Å²) in [6, 6.07) is 0.162. The Bertz CT molecular complexity index is 267. The summed E-state index contributed by atoms with van der Waals surface area (Å²) in [7, 11) is -1.05. The average molecular weight is 261 g/mol. The Hall–Kier alpha value is 0.0700. The first-order chi connectivity index (χ1) is 7.85. The third-order valence-electron chi connectivity index (χ3n) is 3.87. The van der Waals surface area contributed by atoms with Gasteiger partial charge in [0, 0.05) is 11.5 Å². The molecule has 0 bridgehead atoms. The molecule has 17 heavy (non-hydrogen) atoms. The van der Waals surface area contributed by atoms with Crippen molar-refractivity contribution in [2.75, 3.05) is 6.61 Å². The van der Waals surface area contributed by atoms with E-state index in [0.717, 1.165) is 19.3 Å². The fourth-order valence-corrected chi connectivity index (χ4v) is 3.67. The summed E-state index contributed by atoms with van der Waals surface area (Å²) in [5.41, 5.74) is -0.0460. The van der Waals surface area contributed by atoms with Crippen molar-refractivity contribution < 1.29 is 9.32 Å². The van der Waals surface area contributed by atoms with Crippen LogP contribution in [0.3, 0.4) is 0 Å². The molecular weight excluding hydrogens is 234 g/mol. The van der Waals surface area contributed by atoms with E-state index < -0.39 is 11.0 Å². The van der Waals surface area contributed by atoms with Gasteiger partial charge in [0.05, 0.1) is 22.3 Å². The summed E-state index contributed by atoms with van der Waals surface area (Å²) < 4.78 is 15.2. The molecule has 2 atom stereocenters. The molecule has 1 aliphatic rings. The smallest absolute Gasteiger partial charge is 0.0972 e. The van der Waals surface area contributed by atoms with Gasteiger partial charge in [0.2, 0.25) is 0 Å². The van der Waals surface area contributed by atoms with Crippen molar-refractivity contribution in [1.29, 1.82) is 0 Å². The zero-order chi connectivity index (χ0) is 13.1. The molecule has 0 aromatic heterocycles. The van der Waals surface area contributed by atoms with E-state index in [1.807, 2.05) is 20.8 Å². The summed E-state index contributed by atoms with van der Waals surface area (Å²) in [4.78, 5) is 0. The highest BCUT2D eigenvalue weighted by Gasteiger charge is 2.41. The molecule has 0 amide bonds. The Kier molecular flexibility index (Phi) is 5.17. The average Bonchev–Trinajstić information content (AvgIpc) is 2.73. The summed E-state index contributed by atoms with van der Waals surface area (Å²) in [5, 5.41) is 9.69. The third kappa shape index (κ3) is 3.52. The van der Waals surface area contributed by atoms with Gasteiger partial charge >= 0.3 is 0 Å². The lowest BCUT2D eigenvalue weighted by Gasteiger charge is -2.37. The van der Waals surface area contributed by atoms with Gasteiger partial charge in [-0.15, -0.1) is 0 Å². The Balaban J connectivity index is 2.74. The Labute approximate surface area is 108 Å². The van der Waals surface area contributed by atoms with Crippen LogP contribution in [0.15, 0.2) is 0 Å². The van der Waals surface area contributed by atoms with Gasteiger partial charge in [-0.25, -0.2) is 8.93 Å². The molecule has 1 aliphatic carbocycles. The Morgan fingerprint density at radius 3 is 2.24 bits per heavy atom. The third-order valence-corrected chi connectivity index (χ3v) is 5.48. The summed E-state index contributed by atoms with van der Waals surface area (Å²) >= 11 is 0. The van der Waals surface area contributed by atoms with Crippen LogP contribution < -0.4 is 4.72 Å². The predicted molar refractivity (Wildman–Crippen MR) is 73.1 cm³/mol. The van der Waals surface area contributed by atoms with Crippen molar-refractivity contribution >= 4 is 11.0 Å². The lowest BCUT2D eigenvalue weighted by molar-refractivity contribution is 0.0942. The molecule has 3 nitrogen and oxygen atoms in total. The number of aliphatic hydroxyl groups excluding tert-OH is 1. The van der Waals surface area contributed by atoms with Gasteiger partial charge < -0.3 is 5.11 Å². The molecular formula is C13H27NO2S. The maximum Gasteiger partial charge on any atom is 0.0972 e. The van der Waals surface area contributed by atoms with E-state index in [1.54, 1.807) is 0 Å². The fraction of sp³-hybridized carbons (Fsp3) is 1.00. The number of nitrogens with one attached hydrogen (secondary N) is 1. The summed E-state index contributed by atoms with van der Waals surface area (Å²) in [5.74, 6) is 0. The molecule has 1 fully saturated rings. The molecule has 0 heterocycles. The van der Waals surface area contributed by atoms with Crippen LogP contribution in [-0.2, 0) is 11.0 Å². The molecule has 0 saturated heterocycles. The molecule has 0 spiro atoms. The molecule has 1 rings (SSSR count). The minimum absolute atomic E-state index is 0.0460. The van der Waals surface area contributed by atoms with Gasteiger partial charge in [-0.05, 0) is 40.0 Å². The van der Waals surface area contributed by atoms with E-state index in [1.165, 1.54) is 12.8 Å². The topological polar surface area (TPSA) is 49.3 Å². The molecule has 0 radical (unpaired) electrons. The molecule has 0 aromatic rings. The van der Waals surface area contributed by atoms with Crippen LogP contribution in [0.4, 0.5) is 0 Å². The first-order valence-corrected chi connectivity index (χ1v) is 7.79. The SMILES string of the molecule is CCC(N[S@](=O)C(C)(C)C)C1(CO)CCCC1. The highest BCUT2D eigenvalue weighted by atomic mass is 32.2. The predicted octanol–water partition coefficient (Wildman–Crippen LogP) is 2.37. The second-order valence-corrected chi connectivity index (χ2v) is 8.19. The van der Waals surface area contributed by atoms with E-state index >= 15 is 0 Å². The van der Waals surface area contributed by atoms with Gasteiger partial charge in [0.25, 0.3) is 0 Å². The van der Waals surface area contributed by atoms with Crippen molar-refractivity contribution in [3.05, 3.63) is 0 Å². The monoisotopic (exact) mass is 261 g/mol. The zero-order valence-corrected chi connectivity index (χ0v) is 12.4. The lowest BCUT2D eigenvalue weighted by Crippen LogP contribution is -2.49. The molecule has 0 aromatic carbocycles. The van der Waals surface area contributed by atoms with Crippen molar-refractivity contribution in [2.24, 2.45) is 5.41 Å². The maximum absolute atomic E-state index is 12.2. The highest BCUT2D eigenvalue weighted by Crippen LogP contribution is 2.42. The van der Waals surface area contributed by atoms with E-state index in [0.29, 0.717) is 0 Å². The van der Waals surface area contributed by atoms with Crippen LogP contribution in [-0.4, -0.2) is 26.7 Å². The molecule has 2 N–H and O–H groups in total. The zero-order valence-electron chi connectivity index (χ0n) is 11.6. The summed E-state index contributed by atoms with van der Waals surface area (Å²) in [6.45, 7) is 8.24. The standard InChI is InChI=1S/C13H27NO2S/c1-5-11(14-17(16)12(2,3)4)13(10-15)8-6-7-9-13/h11,14-15H,5-10H2,1-4H3/t11?,17-/m1/s1. The van der Waals surface area contributed by atoms with Gasteiger partial charge in [-0.2, -0.15) is 0 Å². The molecule has 102 valence electrons. The largest absolute Gasteiger partial charge is 0.396 e. The number of hydrogen-bond donors (Lipinski definition) is 2. The van der Waals surface area contributed by atoms with Gasteiger partial charge in [-0.1, -0.05) is 19.8 Å². The lowest BCUT2D eigenvalue weighted by atomic mass is 9.78. The first-order valence-electron chi connectivity index (χ1n) is 6.64. The van der Waals surface area contributed by atoms with Crippen molar-refractivity contribution in [3.63, 3.8) is 0 Å². The molecule has 0 aliphatic heterocycles. The fourth-order valence-electron chi connectivity index (χ4n) is 2.64. The van der Waals surface area contributed by atoms with Crippen LogP contribution in [0, 0.1) is 5.41 Å². The van der Waals surface area contributed by atoms with E-state index in [-0.39, 0.29) is 22.8 Å². The van der Waals surface area contributed by atoms with Crippen LogP contribution in [0.2, 0.25) is 0 Å². The number of aliphatic hydroxyl groups is 1. The van der Waals surface area contributed by atoms with Crippen molar-refractivity contribution in [2.45, 2.75) is 70.6 Å². The number of rotatable bonds is 5. The van der Waals surface area contributed by atoms with Crippen molar-refractivity contribution in [3.8, 4) is 0 Å². The number of hydrogen-bond acceptors (Lipinski definition) is 2. The molecule has 1 saturated carbocycles. The summed E-state index contributed by atoms with van der Waals surface area (Å²) in [6.07, 6.45) is 5.39. The second-order valence-electron chi connectivity index (χ2n) is 6.19. The van der Waals surface area contributed by atoms with E-state index in [9.17, 15) is 9.32 Å². The van der Waals surface area contributed by atoms with E-state index in [4.69, 9.17) is 0 Å². The quantitative estimate of drug-likeness (QED) is 0.798. The van der Waals surface area contributed by atoms with Crippen LogP contribution >= 0.6 is 0 Å². The molecule has 4 heteroatoms.